The number of fused-ring (bicyclic) bond motifs is 3. The number of aromatic nitrogens is 1. The van der Waals surface area contributed by atoms with Gasteiger partial charge in [0.15, 0.2) is 5.78 Å². The molecule has 1 aromatic heterocycles. The fraction of sp³-hybridized carbons (Fsp3) is 0.136. The summed E-state index contributed by atoms with van der Waals surface area (Å²) >= 11 is 0. The summed E-state index contributed by atoms with van der Waals surface area (Å²) in [6.45, 7) is 2.03. The van der Waals surface area contributed by atoms with Crippen LogP contribution in [-0.2, 0) is 13.5 Å². The van der Waals surface area contributed by atoms with Crippen LogP contribution < -0.4 is 0 Å². The summed E-state index contributed by atoms with van der Waals surface area (Å²) in [5.41, 5.74) is 4.23. The van der Waals surface area contributed by atoms with Crippen molar-refractivity contribution in [2.45, 2.75) is 13.3 Å². The van der Waals surface area contributed by atoms with Crippen molar-refractivity contribution in [1.82, 2.24) is 4.57 Å². The molecule has 0 radical (unpaired) electrons. The van der Waals surface area contributed by atoms with Gasteiger partial charge in [-0.1, -0.05) is 66.2 Å². The average molecular weight is 313 g/mol. The van der Waals surface area contributed by atoms with Gasteiger partial charge in [-0.2, -0.15) is 0 Å². The first-order chi connectivity index (χ1) is 11.6. The molecule has 0 fully saturated rings. The summed E-state index contributed by atoms with van der Waals surface area (Å²) in [6.07, 6.45) is 2.52. The summed E-state index contributed by atoms with van der Waals surface area (Å²) in [6, 6.07) is 20.5. The molecule has 0 saturated heterocycles. The summed E-state index contributed by atoms with van der Waals surface area (Å²) in [7, 11) is 2.05. The SMILES string of the molecule is Cc1ccc(C(=O)Cc2cn(C)c3c2ccc2ccccc23)cc1. The van der Waals surface area contributed by atoms with Crippen LogP contribution in [0.4, 0.5) is 0 Å². The third kappa shape index (κ3) is 2.41. The number of carbonyl (C=O) groups excluding carboxylic acids is 1. The van der Waals surface area contributed by atoms with Crippen LogP contribution in [-0.4, -0.2) is 10.4 Å². The maximum absolute atomic E-state index is 12.6. The Hall–Kier alpha value is -2.87. The van der Waals surface area contributed by atoms with Crippen LogP contribution in [0.15, 0.2) is 66.9 Å². The topological polar surface area (TPSA) is 22.0 Å². The molecule has 2 heteroatoms. The molecule has 0 bridgehead atoms. The van der Waals surface area contributed by atoms with E-state index in [-0.39, 0.29) is 5.78 Å². The Morgan fingerprint density at radius 3 is 2.46 bits per heavy atom. The third-order valence-corrected chi connectivity index (χ3v) is 4.67. The smallest absolute Gasteiger partial charge is 0.167 e. The van der Waals surface area contributed by atoms with E-state index in [1.165, 1.54) is 21.9 Å². The van der Waals surface area contributed by atoms with E-state index in [0.717, 1.165) is 16.5 Å². The van der Waals surface area contributed by atoms with Crippen molar-refractivity contribution in [3.8, 4) is 0 Å². The molecule has 0 spiro atoms. The highest BCUT2D eigenvalue weighted by atomic mass is 16.1. The van der Waals surface area contributed by atoms with Crippen LogP contribution in [0.1, 0.15) is 21.5 Å². The molecular formula is C22H19NO. The molecule has 4 rings (SSSR count). The molecule has 118 valence electrons. The first-order valence-corrected chi connectivity index (χ1v) is 8.19. The summed E-state index contributed by atoms with van der Waals surface area (Å²) in [5.74, 6) is 0.163. The van der Waals surface area contributed by atoms with Crippen LogP contribution in [0.5, 0.6) is 0 Å². The van der Waals surface area contributed by atoms with Crippen LogP contribution in [0, 0.1) is 6.92 Å². The zero-order chi connectivity index (χ0) is 16.7. The van der Waals surface area contributed by atoms with Gasteiger partial charge in [0.05, 0.1) is 5.52 Å². The van der Waals surface area contributed by atoms with E-state index >= 15 is 0 Å². The van der Waals surface area contributed by atoms with E-state index < -0.39 is 0 Å². The van der Waals surface area contributed by atoms with Crippen molar-refractivity contribution in [1.29, 1.82) is 0 Å². The fourth-order valence-corrected chi connectivity index (χ4v) is 3.42. The molecule has 0 aliphatic rings. The lowest BCUT2D eigenvalue weighted by molar-refractivity contribution is 0.0993. The second-order valence-corrected chi connectivity index (χ2v) is 6.41. The van der Waals surface area contributed by atoms with Crippen molar-refractivity contribution < 1.29 is 4.79 Å². The molecule has 0 unspecified atom stereocenters. The Balaban J connectivity index is 1.79. The van der Waals surface area contributed by atoms with E-state index in [1.807, 2.05) is 31.2 Å². The molecule has 0 N–H and O–H groups in total. The van der Waals surface area contributed by atoms with Gasteiger partial charge in [0.2, 0.25) is 0 Å². The van der Waals surface area contributed by atoms with Gasteiger partial charge >= 0.3 is 0 Å². The largest absolute Gasteiger partial charge is 0.350 e. The zero-order valence-electron chi connectivity index (χ0n) is 13.9. The lowest BCUT2D eigenvalue weighted by Crippen LogP contribution is -2.03. The minimum atomic E-state index is 0.163. The first-order valence-electron chi connectivity index (χ1n) is 8.19. The van der Waals surface area contributed by atoms with E-state index in [0.29, 0.717) is 6.42 Å². The maximum Gasteiger partial charge on any atom is 0.167 e. The molecule has 0 aliphatic heterocycles. The Labute approximate surface area is 141 Å². The standard InChI is InChI=1S/C22H19NO/c1-15-7-9-17(10-8-15)21(24)13-18-14-23(2)22-19-6-4-3-5-16(19)11-12-20(18)22/h3-12,14H,13H2,1-2H3. The molecule has 2 nitrogen and oxygen atoms in total. The Kier molecular flexibility index (Phi) is 3.46. The first kappa shape index (κ1) is 14.7. The normalized spacial score (nSPS) is 11.2. The predicted molar refractivity (Wildman–Crippen MR) is 99.6 cm³/mol. The van der Waals surface area contributed by atoms with Crippen molar-refractivity contribution in [2.24, 2.45) is 7.05 Å². The third-order valence-electron chi connectivity index (χ3n) is 4.67. The van der Waals surface area contributed by atoms with Gasteiger partial charge in [-0.15, -0.1) is 0 Å². The second-order valence-electron chi connectivity index (χ2n) is 6.41. The van der Waals surface area contributed by atoms with Gasteiger partial charge in [-0.05, 0) is 17.9 Å². The zero-order valence-corrected chi connectivity index (χ0v) is 13.9. The number of benzene rings is 3. The summed E-state index contributed by atoms with van der Waals surface area (Å²) < 4.78 is 2.13. The number of ketones is 1. The molecule has 1 heterocycles. The number of hydrogen-bond donors (Lipinski definition) is 0. The van der Waals surface area contributed by atoms with Crippen LogP contribution >= 0.6 is 0 Å². The van der Waals surface area contributed by atoms with Crippen molar-refractivity contribution in [3.05, 3.63) is 83.6 Å². The predicted octanol–water partition coefficient (Wildman–Crippen LogP) is 5.07. The highest BCUT2D eigenvalue weighted by Gasteiger charge is 2.14. The van der Waals surface area contributed by atoms with Gasteiger partial charge in [-0.25, -0.2) is 0 Å². The number of Topliss-reactive ketones (excluding diaryl/α,β-unsaturated/α-hetero) is 1. The molecule has 0 aliphatic carbocycles. The number of hydrogen-bond acceptors (Lipinski definition) is 1. The highest BCUT2D eigenvalue weighted by Crippen LogP contribution is 2.29. The minimum absolute atomic E-state index is 0.163. The van der Waals surface area contributed by atoms with Gasteiger partial charge in [0, 0.05) is 36.0 Å². The number of nitrogens with zero attached hydrogens (tertiary/aromatic N) is 1. The molecular weight excluding hydrogens is 294 g/mol. The number of carbonyl (C=O) groups is 1. The summed E-state index contributed by atoms with van der Waals surface area (Å²) in [5, 5.41) is 3.62. The average Bonchev–Trinajstić information content (AvgIpc) is 2.91. The lowest BCUT2D eigenvalue weighted by Gasteiger charge is -2.03. The van der Waals surface area contributed by atoms with Gasteiger partial charge in [0.25, 0.3) is 0 Å². The molecule has 24 heavy (non-hydrogen) atoms. The molecule has 4 aromatic rings. The fourth-order valence-electron chi connectivity index (χ4n) is 3.42. The lowest BCUT2D eigenvalue weighted by atomic mass is 10.00. The van der Waals surface area contributed by atoms with E-state index in [1.54, 1.807) is 0 Å². The molecule has 0 amide bonds. The van der Waals surface area contributed by atoms with Crippen LogP contribution in [0.2, 0.25) is 0 Å². The Morgan fingerprint density at radius 2 is 1.67 bits per heavy atom. The van der Waals surface area contributed by atoms with Gasteiger partial charge < -0.3 is 4.57 Å². The molecule has 0 atom stereocenters. The van der Waals surface area contributed by atoms with E-state index in [2.05, 4.69) is 54.2 Å². The number of rotatable bonds is 3. The van der Waals surface area contributed by atoms with E-state index in [9.17, 15) is 4.79 Å². The van der Waals surface area contributed by atoms with Gasteiger partial charge in [0.1, 0.15) is 0 Å². The molecule has 3 aromatic carbocycles. The highest BCUT2D eigenvalue weighted by molar-refractivity contribution is 6.08. The molecule has 0 saturated carbocycles. The monoisotopic (exact) mass is 313 g/mol. The van der Waals surface area contributed by atoms with Gasteiger partial charge in [-0.3, -0.25) is 4.79 Å². The quantitative estimate of drug-likeness (QED) is 0.484. The van der Waals surface area contributed by atoms with Crippen LogP contribution in [0.25, 0.3) is 21.7 Å². The van der Waals surface area contributed by atoms with Crippen molar-refractivity contribution >= 4 is 27.5 Å². The second kappa shape index (κ2) is 5.64. The Bertz CT molecular complexity index is 1050. The van der Waals surface area contributed by atoms with Crippen molar-refractivity contribution in [2.75, 3.05) is 0 Å². The Morgan fingerprint density at radius 1 is 0.917 bits per heavy atom. The van der Waals surface area contributed by atoms with Crippen molar-refractivity contribution in [3.63, 3.8) is 0 Å². The minimum Gasteiger partial charge on any atom is -0.350 e. The maximum atomic E-state index is 12.6. The van der Waals surface area contributed by atoms with E-state index in [4.69, 9.17) is 0 Å². The summed E-state index contributed by atoms with van der Waals surface area (Å²) in [4.78, 5) is 12.6. The number of aryl methyl sites for hydroxylation is 2. The van der Waals surface area contributed by atoms with Crippen LogP contribution in [0.3, 0.4) is 0 Å².